The number of anilines is 1. The van der Waals surface area contributed by atoms with Crippen LogP contribution in [0.1, 0.15) is 36.2 Å². The van der Waals surface area contributed by atoms with Gasteiger partial charge in [-0.3, -0.25) is 0 Å². The molecule has 2 N–H and O–H groups in total. The average Bonchev–Trinajstić information content (AvgIpc) is 2.97. The SMILES string of the molecule is CCC(Nc1cccc(CCCO)c1)c1cccs1. The minimum atomic E-state index is 0.254. The highest BCUT2D eigenvalue weighted by molar-refractivity contribution is 7.10. The lowest BCUT2D eigenvalue weighted by Crippen LogP contribution is -2.08. The number of nitrogens with one attached hydrogen (secondary N) is 1. The predicted molar refractivity (Wildman–Crippen MR) is 82.8 cm³/mol. The molecule has 0 saturated heterocycles. The Morgan fingerprint density at radius 1 is 1.26 bits per heavy atom. The van der Waals surface area contributed by atoms with Gasteiger partial charge in [-0.05, 0) is 48.4 Å². The molecule has 0 bridgehead atoms. The van der Waals surface area contributed by atoms with Gasteiger partial charge in [-0.2, -0.15) is 0 Å². The number of hydrogen-bond acceptors (Lipinski definition) is 3. The monoisotopic (exact) mass is 275 g/mol. The van der Waals surface area contributed by atoms with Gasteiger partial charge in [0.1, 0.15) is 0 Å². The molecule has 2 rings (SSSR count). The fourth-order valence-corrected chi connectivity index (χ4v) is 3.03. The maximum absolute atomic E-state index is 8.89. The number of aryl methyl sites for hydroxylation is 1. The Kier molecular flexibility index (Phi) is 5.43. The molecule has 102 valence electrons. The molecule has 0 saturated carbocycles. The molecule has 1 unspecified atom stereocenters. The van der Waals surface area contributed by atoms with Gasteiger partial charge in [-0.15, -0.1) is 11.3 Å². The average molecular weight is 275 g/mol. The molecular weight excluding hydrogens is 254 g/mol. The summed E-state index contributed by atoms with van der Waals surface area (Å²) in [4.78, 5) is 1.38. The van der Waals surface area contributed by atoms with Crippen molar-refractivity contribution in [3.63, 3.8) is 0 Å². The topological polar surface area (TPSA) is 32.3 Å². The van der Waals surface area contributed by atoms with Crippen molar-refractivity contribution in [2.24, 2.45) is 0 Å². The van der Waals surface area contributed by atoms with E-state index in [9.17, 15) is 0 Å². The molecule has 1 atom stereocenters. The molecule has 1 aromatic heterocycles. The van der Waals surface area contributed by atoms with Crippen molar-refractivity contribution in [1.29, 1.82) is 0 Å². The second-order valence-electron chi connectivity index (χ2n) is 4.65. The van der Waals surface area contributed by atoms with Gasteiger partial charge in [0.25, 0.3) is 0 Å². The summed E-state index contributed by atoms with van der Waals surface area (Å²) in [6.45, 7) is 2.46. The number of aliphatic hydroxyl groups is 1. The first-order valence-electron chi connectivity index (χ1n) is 6.83. The van der Waals surface area contributed by atoms with Crippen LogP contribution in [0.2, 0.25) is 0 Å². The van der Waals surface area contributed by atoms with Crippen LogP contribution in [0, 0.1) is 0 Å². The lowest BCUT2D eigenvalue weighted by Gasteiger charge is -2.17. The first kappa shape index (κ1) is 14.1. The third-order valence-corrected chi connectivity index (χ3v) is 4.17. The highest BCUT2D eigenvalue weighted by Crippen LogP contribution is 2.26. The van der Waals surface area contributed by atoms with E-state index < -0.39 is 0 Å². The molecule has 0 radical (unpaired) electrons. The van der Waals surface area contributed by atoms with Gasteiger partial charge in [-0.1, -0.05) is 25.1 Å². The van der Waals surface area contributed by atoms with E-state index in [2.05, 4.69) is 54.0 Å². The van der Waals surface area contributed by atoms with Crippen LogP contribution in [0.25, 0.3) is 0 Å². The standard InChI is InChI=1S/C16H21NOS/c1-2-15(16-9-5-11-19-16)17-14-8-3-6-13(12-14)7-4-10-18/h3,5-6,8-9,11-12,15,17-18H,2,4,7,10H2,1H3. The maximum Gasteiger partial charge on any atom is 0.0603 e. The third kappa shape index (κ3) is 4.08. The summed E-state index contributed by atoms with van der Waals surface area (Å²) >= 11 is 1.80. The summed E-state index contributed by atoms with van der Waals surface area (Å²) in [7, 11) is 0. The van der Waals surface area contributed by atoms with Crippen LogP contribution in [0.4, 0.5) is 5.69 Å². The van der Waals surface area contributed by atoms with E-state index in [4.69, 9.17) is 5.11 Å². The molecule has 0 fully saturated rings. The van der Waals surface area contributed by atoms with Gasteiger partial charge in [0.15, 0.2) is 0 Å². The lowest BCUT2D eigenvalue weighted by atomic mass is 10.1. The molecule has 0 amide bonds. The van der Waals surface area contributed by atoms with Gasteiger partial charge in [0.05, 0.1) is 6.04 Å². The lowest BCUT2D eigenvalue weighted by molar-refractivity contribution is 0.288. The van der Waals surface area contributed by atoms with Crippen molar-refractivity contribution in [3.05, 3.63) is 52.2 Å². The summed E-state index contributed by atoms with van der Waals surface area (Å²) in [6, 6.07) is 13.2. The Morgan fingerprint density at radius 2 is 2.16 bits per heavy atom. The zero-order valence-corrected chi connectivity index (χ0v) is 12.1. The van der Waals surface area contributed by atoms with E-state index in [1.54, 1.807) is 11.3 Å². The fraction of sp³-hybridized carbons (Fsp3) is 0.375. The van der Waals surface area contributed by atoms with Crippen molar-refractivity contribution in [3.8, 4) is 0 Å². The van der Waals surface area contributed by atoms with E-state index in [0.29, 0.717) is 6.04 Å². The van der Waals surface area contributed by atoms with Crippen LogP contribution in [-0.4, -0.2) is 11.7 Å². The van der Waals surface area contributed by atoms with E-state index in [1.807, 2.05) is 0 Å². The maximum atomic E-state index is 8.89. The third-order valence-electron chi connectivity index (χ3n) is 3.19. The number of hydrogen-bond donors (Lipinski definition) is 2. The molecule has 0 spiro atoms. The van der Waals surface area contributed by atoms with Crippen molar-refractivity contribution >= 4 is 17.0 Å². The molecule has 0 aliphatic carbocycles. The number of rotatable bonds is 7. The van der Waals surface area contributed by atoms with Crippen molar-refractivity contribution in [2.75, 3.05) is 11.9 Å². The molecule has 0 aliphatic heterocycles. The van der Waals surface area contributed by atoms with Gasteiger partial charge in [-0.25, -0.2) is 0 Å². The van der Waals surface area contributed by atoms with Gasteiger partial charge in [0, 0.05) is 17.2 Å². The molecule has 2 nitrogen and oxygen atoms in total. The van der Waals surface area contributed by atoms with Gasteiger partial charge >= 0.3 is 0 Å². The molecular formula is C16H21NOS. The summed E-state index contributed by atoms with van der Waals surface area (Å²) in [5.74, 6) is 0. The predicted octanol–water partition coefficient (Wildman–Crippen LogP) is 4.24. The smallest absolute Gasteiger partial charge is 0.0603 e. The van der Waals surface area contributed by atoms with Crippen molar-refractivity contribution in [2.45, 2.75) is 32.2 Å². The van der Waals surface area contributed by atoms with E-state index >= 15 is 0 Å². The minimum absolute atomic E-state index is 0.254. The van der Waals surface area contributed by atoms with E-state index in [1.165, 1.54) is 10.4 Å². The van der Waals surface area contributed by atoms with Gasteiger partial charge in [0.2, 0.25) is 0 Å². The Bertz CT molecular complexity index is 481. The quantitative estimate of drug-likeness (QED) is 0.792. The molecule has 19 heavy (non-hydrogen) atoms. The fourth-order valence-electron chi connectivity index (χ4n) is 2.16. The first-order chi connectivity index (χ1) is 9.33. The van der Waals surface area contributed by atoms with Gasteiger partial charge < -0.3 is 10.4 Å². The first-order valence-corrected chi connectivity index (χ1v) is 7.71. The second kappa shape index (κ2) is 7.31. The highest BCUT2D eigenvalue weighted by atomic mass is 32.1. The Balaban J connectivity index is 2.05. The highest BCUT2D eigenvalue weighted by Gasteiger charge is 2.09. The number of aliphatic hydroxyl groups excluding tert-OH is 1. The number of thiophene rings is 1. The molecule has 1 heterocycles. The Hall–Kier alpha value is -1.32. The zero-order chi connectivity index (χ0) is 13.5. The molecule has 3 heteroatoms. The van der Waals surface area contributed by atoms with Crippen LogP contribution in [-0.2, 0) is 6.42 Å². The summed E-state index contributed by atoms with van der Waals surface area (Å²) in [6.07, 6.45) is 2.83. The van der Waals surface area contributed by atoms with E-state index in [-0.39, 0.29) is 6.61 Å². The van der Waals surface area contributed by atoms with E-state index in [0.717, 1.165) is 24.9 Å². The summed E-state index contributed by atoms with van der Waals surface area (Å²) < 4.78 is 0. The number of benzene rings is 1. The zero-order valence-electron chi connectivity index (χ0n) is 11.3. The molecule has 1 aromatic carbocycles. The molecule has 2 aromatic rings. The van der Waals surface area contributed by atoms with Crippen molar-refractivity contribution in [1.82, 2.24) is 0 Å². The Labute approximate surface area is 119 Å². The Morgan fingerprint density at radius 3 is 2.84 bits per heavy atom. The normalized spacial score (nSPS) is 12.3. The van der Waals surface area contributed by atoms with Crippen LogP contribution in [0.3, 0.4) is 0 Å². The summed E-state index contributed by atoms with van der Waals surface area (Å²) in [5, 5.41) is 14.6. The van der Waals surface area contributed by atoms with Crippen LogP contribution in [0.15, 0.2) is 41.8 Å². The van der Waals surface area contributed by atoms with Crippen molar-refractivity contribution < 1.29 is 5.11 Å². The molecule has 0 aliphatic rings. The van der Waals surface area contributed by atoms with Crippen LogP contribution < -0.4 is 5.32 Å². The van der Waals surface area contributed by atoms with Crippen LogP contribution in [0.5, 0.6) is 0 Å². The second-order valence-corrected chi connectivity index (χ2v) is 5.63. The van der Waals surface area contributed by atoms with Crippen LogP contribution >= 0.6 is 11.3 Å². The minimum Gasteiger partial charge on any atom is -0.396 e. The summed E-state index contributed by atoms with van der Waals surface area (Å²) in [5.41, 5.74) is 2.44. The largest absolute Gasteiger partial charge is 0.396 e.